The highest BCUT2D eigenvalue weighted by Crippen LogP contribution is 2.21. The maximum absolute atomic E-state index is 5.83. The molecule has 2 aliphatic heterocycles. The molecule has 0 aromatic heterocycles. The third-order valence-electron chi connectivity index (χ3n) is 5.69. The number of hydrogen-bond donors (Lipinski definition) is 2. The fourth-order valence-electron chi connectivity index (χ4n) is 3.81. The molecule has 6 nitrogen and oxygen atoms in total. The van der Waals surface area contributed by atoms with Gasteiger partial charge in [0.05, 0.1) is 19.3 Å². The molecule has 6 heteroatoms. The number of hydrogen-bond acceptors (Lipinski definition) is 4. The van der Waals surface area contributed by atoms with Gasteiger partial charge < -0.3 is 20.1 Å². The van der Waals surface area contributed by atoms with Crippen molar-refractivity contribution in [1.82, 2.24) is 15.5 Å². The molecule has 27 heavy (non-hydrogen) atoms. The highest BCUT2D eigenvalue weighted by molar-refractivity contribution is 5.79. The Hall–Kier alpha value is -0.850. The standard InChI is InChI=1S/C21H42N4O2/c1-5-22-21(23-10-6-13-27-19-9-14-26-16-19)24-15-20(17(2)3)25-11-7-18(4)8-12-25/h17-20H,5-16H2,1-4H3,(H2,22,23,24). The van der Waals surface area contributed by atoms with E-state index >= 15 is 0 Å². The van der Waals surface area contributed by atoms with Gasteiger partial charge in [-0.25, -0.2) is 0 Å². The number of nitrogens with one attached hydrogen (secondary N) is 2. The molecule has 0 aromatic rings. The molecule has 0 radical (unpaired) electrons. The van der Waals surface area contributed by atoms with E-state index in [1.807, 2.05) is 0 Å². The molecule has 158 valence electrons. The molecule has 2 fully saturated rings. The Labute approximate surface area is 166 Å². The first-order valence-electron chi connectivity index (χ1n) is 11.1. The second-order valence-electron chi connectivity index (χ2n) is 8.39. The van der Waals surface area contributed by atoms with Gasteiger partial charge in [0.25, 0.3) is 0 Å². The Morgan fingerprint density at radius 3 is 2.63 bits per heavy atom. The van der Waals surface area contributed by atoms with Crippen molar-refractivity contribution in [3.63, 3.8) is 0 Å². The summed E-state index contributed by atoms with van der Waals surface area (Å²) in [5, 5.41) is 6.84. The van der Waals surface area contributed by atoms with Crippen LogP contribution in [0.1, 0.15) is 53.4 Å². The van der Waals surface area contributed by atoms with E-state index in [2.05, 4.69) is 43.2 Å². The van der Waals surface area contributed by atoms with Crippen LogP contribution in [-0.4, -0.2) is 75.5 Å². The lowest BCUT2D eigenvalue weighted by Crippen LogP contribution is -2.46. The lowest BCUT2D eigenvalue weighted by molar-refractivity contribution is 0.0420. The number of aliphatic imine (C=N–C) groups is 1. The maximum atomic E-state index is 5.83. The summed E-state index contributed by atoms with van der Waals surface area (Å²) in [6.07, 6.45) is 4.95. The summed E-state index contributed by atoms with van der Waals surface area (Å²) in [5.74, 6) is 2.42. The minimum absolute atomic E-state index is 0.297. The molecule has 2 N–H and O–H groups in total. The molecule has 2 rings (SSSR count). The van der Waals surface area contributed by atoms with Gasteiger partial charge in [-0.05, 0) is 57.5 Å². The SMILES string of the molecule is CCNC(=NCC(C(C)C)N1CCC(C)CC1)NCCCOC1CCOC1. The van der Waals surface area contributed by atoms with E-state index in [9.17, 15) is 0 Å². The molecular formula is C21H42N4O2. The zero-order valence-corrected chi connectivity index (χ0v) is 18.0. The maximum Gasteiger partial charge on any atom is 0.191 e. The average molecular weight is 383 g/mol. The number of guanidine groups is 1. The van der Waals surface area contributed by atoms with Gasteiger partial charge in [0.15, 0.2) is 5.96 Å². The van der Waals surface area contributed by atoms with Gasteiger partial charge in [0, 0.05) is 32.3 Å². The fraction of sp³-hybridized carbons (Fsp3) is 0.952. The summed E-state index contributed by atoms with van der Waals surface area (Å²) in [6, 6.07) is 0.527. The Morgan fingerprint density at radius 1 is 1.22 bits per heavy atom. The number of nitrogens with zero attached hydrogens (tertiary/aromatic N) is 2. The summed E-state index contributed by atoms with van der Waals surface area (Å²) >= 11 is 0. The molecule has 0 aromatic carbocycles. The number of likely N-dealkylation sites (tertiary alicyclic amines) is 1. The molecule has 0 aliphatic carbocycles. The van der Waals surface area contributed by atoms with Crippen LogP contribution in [-0.2, 0) is 9.47 Å². The normalized spacial score (nSPS) is 23.7. The summed E-state index contributed by atoms with van der Waals surface area (Å²) in [7, 11) is 0. The van der Waals surface area contributed by atoms with Gasteiger partial charge in [-0.2, -0.15) is 0 Å². The van der Waals surface area contributed by atoms with Gasteiger partial charge in [-0.15, -0.1) is 0 Å². The second-order valence-corrected chi connectivity index (χ2v) is 8.39. The van der Waals surface area contributed by atoms with Gasteiger partial charge in [0.2, 0.25) is 0 Å². The fourth-order valence-corrected chi connectivity index (χ4v) is 3.81. The van der Waals surface area contributed by atoms with Crippen LogP contribution in [0.2, 0.25) is 0 Å². The average Bonchev–Trinajstić information content (AvgIpc) is 3.16. The summed E-state index contributed by atoms with van der Waals surface area (Å²) in [4.78, 5) is 7.54. The van der Waals surface area contributed by atoms with Gasteiger partial charge in [0.1, 0.15) is 0 Å². The largest absolute Gasteiger partial charge is 0.379 e. The highest BCUT2D eigenvalue weighted by Gasteiger charge is 2.25. The topological polar surface area (TPSA) is 58.1 Å². The number of rotatable bonds is 10. The second kappa shape index (κ2) is 12.6. The lowest BCUT2D eigenvalue weighted by atomic mass is 9.94. The number of ether oxygens (including phenoxy) is 2. The van der Waals surface area contributed by atoms with E-state index in [0.29, 0.717) is 18.1 Å². The third kappa shape index (κ3) is 8.36. The van der Waals surface area contributed by atoms with Crippen LogP contribution in [0.5, 0.6) is 0 Å². The predicted octanol–water partition coefficient (Wildman–Crippen LogP) is 2.49. The van der Waals surface area contributed by atoms with Crippen LogP contribution in [0, 0.1) is 11.8 Å². The molecule has 2 atom stereocenters. The molecule has 2 unspecified atom stereocenters. The van der Waals surface area contributed by atoms with Crippen molar-refractivity contribution in [2.75, 3.05) is 52.5 Å². The van der Waals surface area contributed by atoms with E-state index in [1.54, 1.807) is 0 Å². The van der Waals surface area contributed by atoms with Gasteiger partial charge in [-0.1, -0.05) is 20.8 Å². The number of piperidine rings is 1. The highest BCUT2D eigenvalue weighted by atomic mass is 16.5. The first kappa shape index (κ1) is 22.4. The van der Waals surface area contributed by atoms with Crippen molar-refractivity contribution in [2.45, 2.75) is 65.5 Å². The van der Waals surface area contributed by atoms with Crippen molar-refractivity contribution in [2.24, 2.45) is 16.8 Å². The van der Waals surface area contributed by atoms with E-state index in [1.165, 1.54) is 25.9 Å². The Kier molecular flexibility index (Phi) is 10.5. The van der Waals surface area contributed by atoms with Gasteiger partial charge in [-0.3, -0.25) is 9.89 Å². The van der Waals surface area contributed by atoms with E-state index in [-0.39, 0.29) is 0 Å². The zero-order chi connectivity index (χ0) is 19.5. The molecule has 2 aliphatic rings. The molecule has 2 heterocycles. The van der Waals surface area contributed by atoms with Crippen LogP contribution in [0.25, 0.3) is 0 Å². The van der Waals surface area contributed by atoms with Crippen LogP contribution in [0.15, 0.2) is 4.99 Å². The van der Waals surface area contributed by atoms with E-state index in [0.717, 1.165) is 64.2 Å². The smallest absolute Gasteiger partial charge is 0.191 e. The summed E-state index contributed by atoms with van der Waals surface area (Å²) in [5.41, 5.74) is 0. The predicted molar refractivity (Wildman–Crippen MR) is 112 cm³/mol. The van der Waals surface area contributed by atoms with Crippen molar-refractivity contribution in [3.8, 4) is 0 Å². The van der Waals surface area contributed by atoms with Crippen molar-refractivity contribution in [3.05, 3.63) is 0 Å². The monoisotopic (exact) mass is 382 g/mol. The Bertz CT molecular complexity index is 416. The quantitative estimate of drug-likeness (QED) is 0.345. The minimum Gasteiger partial charge on any atom is -0.379 e. The molecule has 0 amide bonds. The van der Waals surface area contributed by atoms with Crippen molar-refractivity contribution in [1.29, 1.82) is 0 Å². The van der Waals surface area contributed by atoms with E-state index < -0.39 is 0 Å². The summed E-state index contributed by atoms with van der Waals surface area (Å²) in [6.45, 7) is 16.6. The van der Waals surface area contributed by atoms with Crippen molar-refractivity contribution < 1.29 is 9.47 Å². The van der Waals surface area contributed by atoms with Crippen LogP contribution in [0.3, 0.4) is 0 Å². The molecule has 0 saturated carbocycles. The first-order chi connectivity index (χ1) is 13.1. The third-order valence-corrected chi connectivity index (χ3v) is 5.69. The lowest BCUT2D eigenvalue weighted by Gasteiger charge is -2.38. The zero-order valence-electron chi connectivity index (χ0n) is 18.0. The minimum atomic E-state index is 0.297. The van der Waals surface area contributed by atoms with Crippen LogP contribution in [0.4, 0.5) is 0 Å². The van der Waals surface area contributed by atoms with E-state index in [4.69, 9.17) is 14.5 Å². The Morgan fingerprint density at radius 2 is 2.00 bits per heavy atom. The van der Waals surface area contributed by atoms with Gasteiger partial charge >= 0.3 is 0 Å². The van der Waals surface area contributed by atoms with Crippen LogP contribution < -0.4 is 10.6 Å². The Balaban J connectivity index is 1.73. The van der Waals surface area contributed by atoms with Crippen LogP contribution >= 0.6 is 0 Å². The summed E-state index contributed by atoms with van der Waals surface area (Å²) < 4.78 is 11.2. The molecular weight excluding hydrogens is 340 g/mol. The molecule has 0 bridgehead atoms. The molecule has 2 saturated heterocycles. The molecule has 0 spiro atoms. The van der Waals surface area contributed by atoms with Crippen molar-refractivity contribution >= 4 is 5.96 Å². The first-order valence-corrected chi connectivity index (χ1v) is 11.1.